The number of rotatable bonds is 1. The van der Waals surface area contributed by atoms with E-state index >= 15 is 0 Å². The maximum absolute atomic E-state index is 5.83. The highest BCUT2D eigenvalue weighted by atomic mass is 35.5. The third-order valence-electron chi connectivity index (χ3n) is 2.55. The van der Waals surface area contributed by atoms with Crippen molar-refractivity contribution < 1.29 is 0 Å². The molecule has 0 aliphatic carbocycles. The van der Waals surface area contributed by atoms with Gasteiger partial charge in [0, 0.05) is 11.8 Å². The summed E-state index contributed by atoms with van der Waals surface area (Å²) in [6.45, 7) is 1.97. The van der Waals surface area contributed by atoms with Crippen LogP contribution in [0.15, 0.2) is 29.9 Å². The van der Waals surface area contributed by atoms with Crippen molar-refractivity contribution in [2.45, 2.75) is 6.92 Å². The zero-order chi connectivity index (χ0) is 11.8. The highest BCUT2D eigenvalue weighted by Gasteiger charge is 2.07. The third-order valence-corrected chi connectivity index (χ3v) is 3.52. The van der Waals surface area contributed by atoms with Gasteiger partial charge in [-0.05, 0) is 36.2 Å². The van der Waals surface area contributed by atoms with Crippen LogP contribution in [0.25, 0.3) is 21.5 Å². The van der Waals surface area contributed by atoms with E-state index in [-0.39, 0.29) is 5.28 Å². The van der Waals surface area contributed by atoms with Crippen LogP contribution in [0.5, 0.6) is 0 Å². The van der Waals surface area contributed by atoms with Crippen molar-refractivity contribution in [2.24, 2.45) is 0 Å². The topological polar surface area (TPSA) is 38.7 Å². The molecule has 0 N–H and O–H groups in total. The summed E-state index contributed by atoms with van der Waals surface area (Å²) in [6, 6.07) is 6.09. The molecule has 2 heterocycles. The summed E-state index contributed by atoms with van der Waals surface area (Å²) in [5.74, 6) is 0. The van der Waals surface area contributed by atoms with Gasteiger partial charge < -0.3 is 0 Å². The largest absolute Gasteiger partial charge is 0.245 e. The SMILES string of the molecule is Cc1cnc(Cl)nc1-c1ccc2ncsc2c1. The van der Waals surface area contributed by atoms with Gasteiger partial charge in [0.2, 0.25) is 5.28 Å². The molecule has 0 spiro atoms. The van der Waals surface area contributed by atoms with Gasteiger partial charge in [-0.2, -0.15) is 0 Å². The van der Waals surface area contributed by atoms with Crippen molar-refractivity contribution >= 4 is 33.2 Å². The molecule has 0 aliphatic rings. The normalized spacial score (nSPS) is 10.9. The van der Waals surface area contributed by atoms with Gasteiger partial charge in [-0.1, -0.05) is 6.07 Å². The summed E-state index contributed by atoms with van der Waals surface area (Å²) in [7, 11) is 0. The first kappa shape index (κ1) is 10.6. The number of hydrogen-bond donors (Lipinski definition) is 0. The number of fused-ring (bicyclic) bond motifs is 1. The Labute approximate surface area is 107 Å². The Morgan fingerprint density at radius 3 is 3.00 bits per heavy atom. The minimum absolute atomic E-state index is 0.273. The zero-order valence-corrected chi connectivity index (χ0v) is 10.6. The molecule has 0 amide bonds. The zero-order valence-electron chi connectivity index (χ0n) is 9.01. The molecule has 5 heteroatoms. The number of aromatic nitrogens is 3. The molecule has 3 aromatic rings. The summed E-state index contributed by atoms with van der Waals surface area (Å²) < 4.78 is 1.15. The Morgan fingerprint density at radius 1 is 1.24 bits per heavy atom. The number of thiazole rings is 1. The van der Waals surface area contributed by atoms with Gasteiger partial charge in [-0.25, -0.2) is 15.0 Å². The fraction of sp³-hybridized carbons (Fsp3) is 0.0833. The van der Waals surface area contributed by atoms with E-state index in [9.17, 15) is 0 Å². The number of aryl methyl sites for hydroxylation is 1. The van der Waals surface area contributed by atoms with Gasteiger partial charge in [0.1, 0.15) is 0 Å². The molecule has 17 heavy (non-hydrogen) atoms. The summed E-state index contributed by atoms with van der Waals surface area (Å²) in [4.78, 5) is 12.5. The van der Waals surface area contributed by atoms with E-state index in [0.717, 1.165) is 27.0 Å². The average molecular weight is 262 g/mol. The Morgan fingerprint density at radius 2 is 2.12 bits per heavy atom. The lowest BCUT2D eigenvalue weighted by Crippen LogP contribution is -1.91. The smallest absolute Gasteiger partial charge is 0.222 e. The van der Waals surface area contributed by atoms with E-state index in [1.165, 1.54) is 0 Å². The monoisotopic (exact) mass is 261 g/mol. The van der Waals surface area contributed by atoms with Gasteiger partial charge in [-0.15, -0.1) is 11.3 Å². The van der Waals surface area contributed by atoms with Crippen LogP contribution >= 0.6 is 22.9 Å². The van der Waals surface area contributed by atoms with Crippen molar-refractivity contribution in [3.05, 3.63) is 40.8 Å². The molecule has 0 saturated carbocycles. The van der Waals surface area contributed by atoms with E-state index < -0.39 is 0 Å². The summed E-state index contributed by atoms with van der Waals surface area (Å²) >= 11 is 7.45. The number of hydrogen-bond acceptors (Lipinski definition) is 4. The van der Waals surface area contributed by atoms with Crippen molar-refractivity contribution in [3.8, 4) is 11.3 Å². The van der Waals surface area contributed by atoms with Crippen molar-refractivity contribution in [1.82, 2.24) is 15.0 Å². The van der Waals surface area contributed by atoms with Crippen molar-refractivity contribution in [2.75, 3.05) is 0 Å². The maximum Gasteiger partial charge on any atom is 0.222 e. The van der Waals surface area contributed by atoms with E-state index in [0.29, 0.717) is 0 Å². The van der Waals surface area contributed by atoms with Crippen LogP contribution in [-0.4, -0.2) is 15.0 Å². The first-order valence-corrected chi connectivity index (χ1v) is 6.32. The highest BCUT2D eigenvalue weighted by Crippen LogP contribution is 2.27. The summed E-state index contributed by atoms with van der Waals surface area (Å²) in [6.07, 6.45) is 1.74. The molecule has 3 nitrogen and oxygen atoms in total. The molecule has 0 unspecified atom stereocenters. The summed E-state index contributed by atoms with van der Waals surface area (Å²) in [5, 5.41) is 0.273. The van der Waals surface area contributed by atoms with E-state index in [2.05, 4.69) is 21.0 Å². The first-order chi connectivity index (χ1) is 8.24. The predicted octanol–water partition coefficient (Wildman–Crippen LogP) is 3.72. The Hall–Kier alpha value is -1.52. The number of nitrogens with zero attached hydrogens (tertiary/aromatic N) is 3. The predicted molar refractivity (Wildman–Crippen MR) is 70.4 cm³/mol. The van der Waals surface area contributed by atoms with E-state index in [1.54, 1.807) is 17.5 Å². The lowest BCUT2D eigenvalue weighted by atomic mass is 10.1. The molecule has 2 aromatic heterocycles. The number of benzene rings is 1. The molecule has 1 aromatic carbocycles. The van der Waals surface area contributed by atoms with Crippen molar-refractivity contribution in [1.29, 1.82) is 0 Å². The minimum atomic E-state index is 0.273. The van der Waals surface area contributed by atoms with Crippen LogP contribution in [-0.2, 0) is 0 Å². The Balaban J connectivity index is 2.22. The molecular formula is C12H8ClN3S. The molecule has 0 fully saturated rings. The van der Waals surface area contributed by atoms with Gasteiger partial charge in [0.05, 0.1) is 21.4 Å². The van der Waals surface area contributed by atoms with Crippen LogP contribution in [0.2, 0.25) is 5.28 Å². The molecular weight excluding hydrogens is 254 g/mol. The van der Waals surface area contributed by atoms with Crippen LogP contribution in [0.1, 0.15) is 5.56 Å². The van der Waals surface area contributed by atoms with E-state index in [4.69, 9.17) is 11.6 Å². The molecule has 84 valence electrons. The fourth-order valence-electron chi connectivity index (χ4n) is 1.72. The maximum atomic E-state index is 5.83. The highest BCUT2D eigenvalue weighted by molar-refractivity contribution is 7.16. The number of halogens is 1. The van der Waals surface area contributed by atoms with Crippen LogP contribution < -0.4 is 0 Å². The minimum Gasteiger partial charge on any atom is -0.245 e. The average Bonchev–Trinajstić information content (AvgIpc) is 2.79. The van der Waals surface area contributed by atoms with Crippen LogP contribution in [0, 0.1) is 6.92 Å². The van der Waals surface area contributed by atoms with E-state index in [1.807, 2.05) is 24.6 Å². The van der Waals surface area contributed by atoms with Crippen LogP contribution in [0.4, 0.5) is 0 Å². The first-order valence-electron chi connectivity index (χ1n) is 5.07. The lowest BCUT2D eigenvalue weighted by Gasteiger charge is -2.04. The van der Waals surface area contributed by atoms with Crippen molar-refractivity contribution in [3.63, 3.8) is 0 Å². The van der Waals surface area contributed by atoms with Gasteiger partial charge in [0.15, 0.2) is 0 Å². The molecule has 0 radical (unpaired) electrons. The second-order valence-electron chi connectivity index (χ2n) is 3.71. The lowest BCUT2D eigenvalue weighted by molar-refractivity contribution is 1.14. The standard InChI is InChI=1S/C12H8ClN3S/c1-7-5-14-12(13)16-11(7)8-2-3-9-10(4-8)17-6-15-9/h2-6H,1H3. The molecule has 0 aliphatic heterocycles. The Kier molecular flexibility index (Phi) is 2.53. The quantitative estimate of drug-likeness (QED) is 0.627. The second-order valence-corrected chi connectivity index (χ2v) is 4.93. The van der Waals surface area contributed by atoms with Gasteiger partial charge in [0.25, 0.3) is 0 Å². The van der Waals surface area contributed by atoms with Gasteiger partial charge >= 0.3 is 0 Å². The van der Waals surface area contributed by atoms with Crippen LogP contribution in [0.3, 0.4) is 0 Å². The van der Waals surface area contributed by atoms with Gasteiger partial charge in [-0.3, -0.25) is 0 Å². The fourth-order valence-corrected chi connectivity index (χ4v) is 2.56. The summed E-state index contributed by atoms with van der Waals surface area (Å²) in [5.41, 5.74) is 5.78. The molecule has 0 bridgehead atoms. The molecule has 0 saturated heterocycles. The molecule has 3 rings (SSSR count). The Bertz CT molecular complexity index is 693. The second kappa shape index (κ2) is 4.05. The molecule has 0 atom stereocenters. The third kappa shape index (κ3) is 1.90.